The number of hydrogen-bond donors (Lipinski definition) is 1. The molecular formula is C15H23F3N2O. The van der Waals surface area contributed by atoms with Gasteiger partial charge in [0.05, 0.1) is 0 Å². The first-order chi connectivity index (χ1) is 9.78. The number of rotatable bonds is 8. The lowest BCUT2D eigenvalue weighted by atomic mass is 10.1. The molecular weight excluding hydrogens is 281 g/mol. The molecule has 6 heteroatoms. The van der Waals surface area contributed by atoms with Crippen LogP contribution >= 0.6 is 0 Å². The molecule has 0 aliphatic heterocycles. The number of halogens is 3. The minimum Gasteiger partial charge on any atom is -0.399 e. The van der Waals surface area contributed by atoms with Gasteiger partial charge in [-0.15, -0.1) is 0 Å². The van der Waals surface area contributed by atoms with Gasteiger partial charge in [0.15, 0.2) is 0 Å². The maximum Gasteiger partial charge on any atom is 0.411 e. The van der Waals surface area contributed by atoms with Crippen molar-refractivity contribution in [2.24, 2.45) is 0 Å². The molecule has 1 aromatic carbocycles. The Kier molecular flexibility index (Phi) is 6.98. The van der Waals surface area contributed by atoms with Gasteiger partial charge in [0.2, 0.25) is 0 Å². The van der Waals surface area contributed by atoms with Crippen molar-refractivity contribution in [2.45, 2.75) is 39.0 Å². The second-order valence-electron chi connectivity index (χ2n) is 5.33. The Labute approximate surface area is 123 Å². The van der Waals surface area contributed by atoms with Crippen LogP contribution in [0.15, 0.2) is 24.3 Å². The molecule has 0 atom stereocenters. The van der Waals surface area contributed by atoms with Crippen LogP contribution in [0.3, 0.4) is 0 Å². The Balaban J connectivity index is 2.37. The van der Waals surface area contributed by atoms with E-state index in [2.05, 4.69) is 23.5 Å². The van der Waals surface area contributed by atoms with E-state index in [1.54, 1.807) is 0 Å². The second kappa shape index (κ2) is 8.24. The molecule has 3 nitrogen and oxygen atoms in total. The third-order valence-electron chi connectivity index (χ3n) is 3.07. The van der Waals surface area contributed by atoms with Gasteiger partial charge in [-0.05, 0) is 38.0 Å². The van der Waals surface area contributed by atoms with Crippen LogP contribution in [0.1, 0.15) is 25.8 Å². The first-order valence-corrected chi connectivity index (χ1v) is 7.01. The van der Waals surface area contributed by atoms with E-state index in [1.165, 1.54) is 0 Å². The summed E-state index contributed by atoms with van der Waals surface area (Å²) in [6.45, 7) is 4.46. The van der Waals surface area contributed by atoms with Gasteiger partial charge < -0.3 is 10.5 Å². The molecule has 0 saturated heterocycles. The summed E-state index contributed by atoms with van der Waals surface area (Å²) in [6.07, 6.45) is -3.68. The minimum atomic E-state index is -4.25. The first-order valence-electron chi connectivity index (χ1n) is 7.01. The highest BCUT2D eigenvalue weighted by Crippen LogP contribution is 2.15. The smallest absolute Gasteiger partial charge is 0.399 e. The maximum absolute atomic E-state index is 11.9. The lowest BCUT2D eigenvalue weighted by Crippen LogP contribution is -2.32. The van der Waals surface area contributed by atoms with Gasteiger partial charge in [-0.3, -0.25) is 4.90 Å². The zero-order valence-electron chi connectivity index (χ0n) is 12.5. The molecule has 0 radical (unpaired) electrons. The Morgan fingerprint density at radius 3 is 2.57 bits per heavy atom. The van der Waals surface area contributed by atoms with Crippen molar-refractivity contribution in [3.63, 3.8) is 0 Å². The standard InChI is InChI=1S/C15H23F3N2O/c1-12(2)20(7-4-8-21-11-15(16,17)18)10-13-5-3-6-14(19)9-13/h3,5-6,9,12H,4,7-8,10-11,19H2,1-2H3. The number of alkyl halides is 3. The van der Waals surface area contributed by atoms with Crippen molar-refractivity contribution in [3.05, 3.63) is 29.8 Å². The lowest BCUT2D eigenvalue weighted by Gasteiger charge is -2.26. The maximum atomic E-state index is 11.9. The lowest BCUT2D eigenvalue weighted by molar-refractivity contribution is -0.174. The molecule has 0 unspecified atom stereocenters. The summed E-state index contributed by atoms with van der Waals surface area (Å²) < 4.78 is 40.5. The van der Waals surface area contributed by atoms with Crippen LogP contribution < -0.4 is 5.73 Å². The summed E-state index contributed by atoms with van der Waals surface area (Å²) in [5.74, 6) is 0. The van der Waals surface area contributed by atoms with E-state index in [-0.39, 0.29) is 6.61 Å². The van der Waals surface area contributed by atoms with Crippen LogP contribution in [0.2, 0.25) is 0 Å². The van der Waals surface area contributed by atoms with E-state index in [4.69, 9.17) is 5.73 Å². The summed E-state index contributed by atoms with van der Waals surface area (Å²) in [5, 5.41) is 0. The van der Waals surface area contributed by atoms with E-state index < -0.39 is 12.8 Å². The highest BCUT2D eigenvalue weighted by atomic mass is 19.4. The van der Waals surface area contributed by atoms with Crippen molar-refractivity contribution >= 4 is 5.69 Å². The summed E-state index contributed by atoms with van der Waals surface area (Å²) >= 11 is 0. The normalized spacial score (nSPS) is 12.3. The molecule has 21 heavy (non-hydrogen) atoms. The topological polar surface area (TPSA) is 38.5 Å². The van der Waals surface area contributed by atoms with Crippen LogP contribution in [0, 0.1) is 0 Å². The molecule has 0 fully saturated rings. The summed E-state index contributed by atoms with van der Waals surface area (Å²) in [6, 6.07) is 7.93. The van der Waals surface area contributed by atoms with Crippen molar-refractivity contribution in [2.75, 3.05) is 25.5 Å². The van der Waals surface area contributed by atoms with Crippen molar-refractivity contribution < 1.29 is 17.9 Å². The van der Waals surface area contributed by atoms with Gasteiger partial charge in [-0.1, -0.05) is 12.1 Å². The molecule has 1 rings (SSSR count). The summed E-state index contributed by atoms with van der Waals surface area (Å²) in [5.41, 5.74) is 7.56. The number of hydrogen-bond acceptors (Lipinski definition) is 3. The molecule has 120 valence electrons. The molecule has 0 bridgehead atoms. The van der Waals surface area contributed by atoms with E-state index in [9.17, 15) is 13.2 Å². The zero-order chi connectivity index (χ0) is 15.9. The molecule has 0 aliphatic rings. The molecule has 0 aromatic heterocycles. The minimum absolute atomic E-state index is 0.111. The van der Waals surface area contributed by atoms with Crippen LogP contribution in [0.4, 0.5) is 18.9 Å². The van der Waals surface area contributed by atoms with Gasteiger partial charge in [0.1, 0.15) is 6.61 Å². The van der Waals surface area contributed by atoms with E-state index >= 15 is 0 Å². The largest absolute Gasteiger partial charge is 0.411 e. The zero-order valence-corrected chi connectivity index (χ0v) is 12.5. The van der Waals surface area contributed by atoms with Gasteiger partial charge in [-0.25, -0.2) is 0 Å². The number of ether oxygens (including phenoxy) is 1. The quantitative estimate of drug-likeness (QED) is 0.590. The van der Waals surface area contributed by atoms with Crippen LogP contribution in [0.5, 0.6) is 0 Å². The monoisotopic (exact) mass is 304 g/mol. The van der Waals surface area contributed by atoms with Gasteiger partial charge in [0.25, 0.3) is 0 Å². The third-order valence-corrected chi connectivity index (χ3v) is 3.07. The molecule has 0 saturated carbocycles. The molecule has 2 N–H and O–H groups in total. The van der Waals surface area contributed by atoms with Gasteiger partial charge in [0, 0.05) is 31.4 Å². The SMILES string of the molecule is CC(C)N(CCCOCC(F)(F)F)Cc1cccc(N)c1. The highest BCUT2D eigenvalue weighted by molar-refractivity contribution is 5.40. The first kappa shape index (κ1) is 17.8. The number of nitrogens with zero attached hydrogens (tertiary/aromatic N) is 1. The Morgan fingerprint density at radius 1 is 1.29 bits per heavy atom. The second-order valence-corrected chi connectivity index (χ2v) is 5.33. The van der Waals surface area contributed by atoms with Crippen LogP contribution in [0.25, 0.3) is 0 Å². The van der Waals surface area contributed by atoms with E-state index in [0.29, 0.717) is 24.7 Å². The van der Waals surface area contributed by atoms with E-state index in [0.717, 1.165) is 12.1 Å². The fraction of sp³-hybridized carbons (Fsp3) is 0.600. The predicted molar refractivity (Wildman–Crippen MR) is 77.9 cm³/mol. The molecule has 1 aromatic rings. The molecule has 0 spiro atoms. The van der Waals surface area contributed by atoms with Crippen molar-refractivity contribution in [1.29, 1.82) is 0 Å². The number of anilines is 1. The van der Waals surface area contributed by atoms with Crippen LogP contribution in [-0.2, 0) is 11.3 Å². The van der Waals surface area contributed by atoms with Gasteiger partial charge in [-0.2, -0.15) is 13.2 Å². The van der Waals surface area contributed by atoms with Crippen LogP contribution in [-0.4, -0.2) is 36.9 Å². The molecule has 0 amide bonds. The Bertz CT molecular complexity index is 422. The Morgan fingerprint density at radius 2 is 2.00 bits per heavy atom. The van der Waals surface area contributed by atoms with Crippen molar-refractivity contribution in [1.82, 2.24) is 4.90 Å². The number of nitrogen functional groups attached to an aromatic ring is 1. The molecule has 0 heterocycles. The average Bonchev–Trinajstić information content (AvgIpc) is 2.35. The summed E-state index contributed by atoms with van der Waals surface area (Å²) in [4.78, 5) is 2.19. The molecule has 0 aliphatic carbocycles. The predicted octanol–water partition coefficient (Wildman–Crippen LogP) is 3.45. The number of benzene rings is 1. The fourth-order valence-electron chi connectivity index (χ4n) is 2.00. The van der Waals surface area contributed by atoms with Gasteiger partial charge >= 0.3 is 6.18 Å². The van der Waals surface area contributed by atoms with E-state index in [1.807, 2.05) is 24.3 Å². The van der Waals surface area contributed by atoms with Crippen molar-refractivity contribution in [3.8, 4) is 0 Å². The summed E-state index contributed by atoms with van der Waals surface area (Å²) in [7, 11) is 0. The third kappa shape index (κ3) is 7.92. The fourth-order valence-corrected chi connectivity index (χ4v) is 2.00. The average molecular weight is 304 g/mol. The number of nitrogens with two attached hydrogens (primary N) is 1. The Hall–Kier alpha value is -1.27. The highest BCUT2D eigenvalue weighted by Gasteiger charge is 2.27.